The molecule has 18 heavy (non-hydrogen) atoms. The first kappa shape index (κ1) is 14.3. The standard InChI is InChI=1S/C14H29N3O/c1-11-8-17(9-14(11)16(2)3)13(7-15)12-5-4-6-18-10-12/h11-14H,4-10,15H2,1-3H3. The number of rotatable bonds is 4. The molecule has 0 saturated carbocycles. The lowest BCUT2D eigenvalue weighted by molar-refractivity contribution is 0.0152. The van der Waals surface area contributed by atoms with Crippen molar-refractivity contribution in [3.05, 3.63) is 0 Å². The molecule has 2 N–H and O–H groups in total. The monoisotopic (exact) mass is 255 g/mol. The van der Waals surface area contributed by atoms with Crippen molar-refractivity contribution < 1.29 is 4.74 Å². The molecule has 2 saturated heterocycles. The third-order valence-electron chi connectivity index (χ3n) is 4.71. The molecule has 0 amide bonds. The molecule has 4 nitrogen and oxygen atoms in total. The van der Waals surface area contributed by atoms with Gasteiger partial charge in [-0.1, -0.05) is 6.92 Å². The summed E-state index contributed by atoms with van der Waals surface area (Å²) in [5, 5.41) is 0. The summed E-state index contributed by atoms with van der Waals surface area (Å²) in [6, 6.07) is 1.18. The molecule has 0 spiro atoms. The van der Waals surface area contributed by atoms with Crippen LogP contribution in [0.2, 0.25) is 0 Å². The molecule has 0 aromatic heterocycles. The quantitative estimate of drug-likeness (QED) is 0.800. The fourth-order valence-corrected chi connectivity index (χ4v) is 3.64. The predicted molar refractivity (Wildman–Crippen MR) is 74.6 cm³/mol. The molecule has 0 aliphatic carbocycles. The van der Waals surface area contributed by atoms with E-state index in [4.69, 9.17) is 10.5 Å². The highest BCUT2D eigenvalue weighted by atomic mass is 16.5. The fourth-order valence-electron chi connectivity index (χ4n) is 3.64. The summed E-state index contributed by atoms with van der Waals surface area (Å²) >= 11 is 0. The summed E-state index contributed by atoms with van der Waals surface area (Å²) in [7, 11) is 4.37. The van der Waals surface area contributed by atoms with E-state index in [2.05, 4.69) is 30.8 Å². The Labute approximate surface area is 111 Å². The molecule has 2 heterocycles. The molecule has 2 rings (SSSR count). The zero-order valence-electron chi connectivity index (χ0n) is 12.1. The molecular formula is C14H29N3O. The van der Waals surface area contributed by atoms with Crippen LogP contribution in [0.25, 0.3) is 0 Å². The summed E-state index contributed by atoms with van der Waals surface area (Å²) in [6.45, 7) is 7.30. The number of nitrogens with zero attached hydrogens (tertiary/aromatic N) is 2. The maximum absolute atomic E-state index is 6.04. The first-order valence-corrected chi connectivity index (χ1v) is 7.31. The Hall–Kier alpha value is -0.160. The minimum Gasteiger partial charge on any atom is -0.381 e. The second-order valence-electron chi connectivity index (χ2n) is 6.24. The van der Waals surface area contributed by atoms with E-state index in [0.717, 1.165) is 32.2 Å². The van der Waals surface area contributed by atoms with Crippen LogP contribution in [0.1, 0.15) is 19.8 Å². The lowest BCUT2D eigenvalue weighted by Crippen LogP contribution is -2.48. The van der Waals surface area contributed by atoms with Gasteiger partial charge in [-0.05, 0) is 38.8 Å². The molecule has 4 heteroatoms. The Kier molecular flexibility index (Phi) is 5.01. The van der Waals surface area contributed by atoms with Crippen LogP contribution in [0, 0.1) is 11.8 Å². The van der Waals surface area contributed by atoms with Crippen LogP contribution >= 0.6 is 0 Å². The fraction of sp³-hybridized carbons (Fsp3) is 1.00. The average Bonchev–Trinajstić information content (AvgIpc) is 2.74. The minimum absolute atomic E-state index is 0.512. The van der Waals surface area contributed by atoms with Crippen molar-refractivity contribution >= 4 is 0 Å². The van der Waals surface area contributed by atoms with E-state index in [0.29, 0.717) is 18.0 Å². The summed E-state index contributed by atoms with van der Waals surface area (Å²) in [4.78, 5) is 4.96. The van der Waals surface area contributed by atoms with Crippen LogP contribution in [0.15, 0.2) is 0 Å². The number of likely N-dealkylation sites (N-methyl/N-ethyl adjacent to an activating group) is 1. The smallest absolute Gasteiger partial charge is 0.0509 e. The molecule has 4 unspecified atom stereocenters. The molecule has 106 valence electrons. The molecule has 0 aromatic rings. The Morgan fingerprint density at radius 2 is 2.17 bits per heavy atom. The van der Waals surface area contributed by atoms with Crippen molar-refractivity contribution in [3.63, 3.8) is 0 Å². The molecular weight excluding hydrogens is 226 g/mol. The highest BCUT2D eigenvalue weighted by Gasteiger charge is 2.37. The Morgan fingerprint density at radius 1 is 1.39 bits per heavy atom. The second-order valence-corrected chi connectivity index (χ2v) is 6.24. The normalized spacial score (nSPS) is 36.2. The van der Waals surface area contributed by atoms with Crippen LogP contribution < -0.4 is 5.73 Å². The van der Waals surface area contributed by atoms with Gasteiger partial charge in [-0.25, -0.2) is 0 Å². The van der Waals surface area contributed by atoms with E-state index >= 15 is 0 Å². The number of hydrogen-bond acceptors (Lipinski definition) is 4. The van der Waals surface area contributed by atoms with Crippen molar-refractivity contribution in [1.82, 2.24) is 9.80 Å². The summed E-state index contributed by atoms with van der Waals surface area (Å²) in [5.74, 6) is 1.37. The topological polar surface area (TPSA) is 41.7 Å². The van der Waals surface area contributed by atoms with E-state index in [1.807, 2.05) is 0 Å². The third-order valence-corrected chi connectivity index (χ3v) is 4.71. The van der Waals surface area contributed by atoms with Gasteiger partial charge in [0.25, 0.3) is 0 Å². The lowest BCUT2D eigenvalue weighted by Gasteiger charge is -2.36. The number of hydrogen-bond donors (Lipinski definition) is 1. The molecule has 2 fully saturated rings. The van der Waals surface area contributed by atoms with Gasteiger partial charge in [0.2, 0.25) is 0 Å². The van der Waals surface area contributed by atoms with Crippen molar-refractivity contribution in [2.24, 2.45) is 17.6 Å². The van der Waals surface area contributed by atoms with Crippen LogP contribution in [-0.2, 0) is 4.74 Å². The average molecular weight is 255 g/mol. The van der Waals surface area contributed by atoms with Crippen molar-refractivity contribution in [3.8, 4) is 0 Å². The predicted octanol–water partition coefficient (Wildman–Crippen LogP) is 0.622. The van der Waals surface area contributed by atoms with E-state index in [9.17, 15) is 0 Å². The van der Waals surface area contributed by atoms with Crippen LogP contribution in [-0.4, -0.2) is 68.8 Å². The summed E-state index contributed by atoms with van der Waals surface area (Å²) in [5.41, 5.74) is 6.04. The minimum atomic E-state index is 0.512. The van der Waals surface area contributed by atoms with Crippen molar-refractivity contribution in [2.45, 2.75) is 31.8 Å². The number of ether oxygens (including phenoxy) is 1. The van der Waals surface area contributed by atoms with Gasteiger partial charge in [0.15, 0.2) is 0 Å². The zero-order valence-corrected chi connectivity index (χ0v) is 12.1. The summed E-state index contributed by atoms with van der Waals surface area (Å²) < 4.78 is 5.63. The van der Waals surface area contributed by atoms with Gasteiger partial charge in [-0.2, -0.15) is 0 Å². The van der Waals surface area contributed by atoms with Crippen LogP contribution in [0.4, 0.5) is 0 Å². The van der Waals surface area contributed by atoms with Gasteiger partial charge in [0.05, 0.1) is 6.61 Å². The maximum atomic E-state index is 6.04. The molecule has 0 radical (unpaired) electrons. The van der Waals surface area contributed by atoms with Gasteiger partial charge in [-0.3, -0.25) is 4.90 Å². The SMILES string of the molecule is CC1CN(C(CN)C2CCCOC2)CC1N(C)C. The zero-order chi connectivity index (χ0) is 13.1. The molecule has 2 aliphatic rings. The van der Waals surface area contributed by atoms with Gasteiger partial charge < -0.3 is 15.4 Å². The van der Waals surface area contributed by atoms with Crippen molar-refractivity contribution in [1.29, 1.82) is 0 Å². The molecule has 2 aliphatic heterocycles. The Bertz CT molecular complexity index is 253. The molecule has 0 aromatic carbocycles. The Morgan fingerprint density at radius 3 is 2.67 bits per heavy atom. The van der Waals surface area contributed by atoms with E-state index in [1.165, 1.54) is 19.4 Å². The van der Waals surface area contributed by atoms with Gasteiger partial charge >= 0.3 is 0 Å². The van der Waals surface area contributed by atoms with E-state index < -0.39 is 0 Å². The molecule has 4 atom stereocenters. The lowest BCUT2D eigenvalue weighted by atomic mass is 9.92. The summed E-state index contributed by atoms with van der Waals surface area (Å²) in [6.07, 6.45) is 2.47. The molecule has 0 bridgehead atoms. The maximum Gasteiger partial charge on any atom is 0.0509 e. The highest BCUT2D eigenvalue weighted by Crippen LogP contribution is 2.27. The van der Waals surface area contributed by atoms with E-state index in [-0.39, 0.29) is 0 Å². The van der Waals surface area contributed by atoms with Gasteiger partial charge in [0, 0.05) is 38.3 Å². The van der Waals surface area contributed by atoms with Crippen molar-refractivity contribution in [2.75, 3.05) is 46.9 Å². The third kappa shape index (κ3) is 3.05. The highest BCUT2D eigenvalue weighted by molar-refractivity contribution is 4.92. The largest absolute Gasteiger partial charge is 0.381 e. The van der Waals surface area contributed by atoms with Gasteiger partial charge in [0.1, 0.15) is 0 Å². The first-order valence-electron chi connectivity index (χ1n) is 7.31. The first-order chi connectivity index (χ1) is 8.63. The number of nitrogens with two attached hydrogens (primary N) is 1. The van der Waals surface area contributed by atoms with Gasteiger partial charge in [-0.15, -0.1) is 0 Å². The Balaban J connectivity index is 1.96. The van der Waals surface area contributed by atoms with E-state index in [1.54, 1.807) is 0 Å². The second kappa shape index (κ2) is 6.33. The van der Waals surface area contributed by atoms with Crippen LogP contribution in [0.3, 0.4) is 0 Å². The number of likely N-dealkylation sites (tertiary alicyclic amines) is 1. The van der Waals surface area contributed by atoms with Crippen LogP contribution in [0.5, 0.6) is 0 Å².